The van der Waals surface area contributed by atoms with Crippen molar-refractivity contribution in [1.29, 1.82) is 0 Å². The van der Waals surface area contributed by atoms with Crippen molar-refractivity contribution in [3.63, 3.8) is 0 Å². The molecule has 3 nitrogen and oxygen atoms in total. The van der Waals surface area contributed by atoms with E-state index >= 15 is 0 Å². The molecule has 0 aliphatic heterocycles. The van der Waals surface area contributed by atoms with Crippen LogP contribution in [-0.4, -0.2) is 17.0 Å². The van der Waals surface area contributed by atoms with Crippen LogP contribution in [0.2, 0.25) is 0 Å². The summed E-state index contributed by atoms with van der Waals surface area (Å²) >= 11 is 0. The highest BCUT2D eigenvalue weighted by molar-refractivity contribution is 5.86. The minimum absolute atomic E-state index is 0.104. The Bertz CT molecular complexity index is 875. The Morgan fingerprint density at radius 1 is 1.08 bits per heavy atom. The summed E-state index contributed by atoms with van der Waals surface area (Å²) < 4.78 is 2.19. The van der Waals surface area contributed by atoms with Crippen LogP contribution < -0.4 is 5.32 Å². The zero-order valence-electron chi connectivity index (χ0n) is 14.0. The minimum Gasteiger partial charge on any atom is -0.355 e. The molecule has 0 spiro atoms. The van der Waals surface area contributed by atoms with Gasteiger partial charge in [-0.3, -0.25) is 4.79 Å². The molecule has 122 valence electrons. The highest BCUT2D eigenvalue weighted by Gasteiger charge is 2.46. The van der Waals surface area contributed by atoms with E-state index < -0.39 is 0 Å². The lowest BCUT2D eigenvalue weighted by Gasteiger charge is -2.16. The van der Waals surface area contributed by atoms with Crippen molar-refractivity contribution in [2.45, 2.75) is 24.7 Å². The average Bonchev–Trinajstić information content (AvgIpc) is 3.32. The third-order valence-electron chi connectivity index (χ3n) is 5.15. The van der Waals surface area contributed by atoms with Crippen molar-refractivity contribution in [2.24, 2.45) is 7.05 Å². The predicted octanol–water partition coefficient (Wildman–Crippen LogP) is 3.57. The number of rotatable bonds is 5. The smallest absolute Gasteiger partial charge is 0.224 e. The maximum absolute atomic E-state index is 12.3. The number of fused-ring (bicyclic) bond motifs is 1. The second kappa shape index (κ2) is 5.82. The number of nitrogens with zero attached hydrogens (tertiary/aromatic N) is 1. The molecule has 1 amide bonds. The Morgan fingerprint density at radius 2 is 1.79 bits per heavy atom. The minimum atomic E-state index is 0.104. The van der Waals surface area contributed by atoms with Crippen molar-refractivity contribution in [3.8, 4) is 0 Å². The lowest BCUT2D eigenvalue weighted by atomic mass is 9.95. The summed E-state index contributed by atoms with van der Waals surface area (Å²) in [6.45, 7) is 0.729. The molecule has 1 aromatic heterocycles. The first-order valence-electron chi connectivity index (χ1n) is 8.53. The van der Waals surface area contributed by atoms with Crippen LogP contribution >= 0.6 is 0 Å². The summed E-state index contributed by atoms with van der Waals surface area (Å²) in [5.74, 6) is 0.104. The molecule has 0 radical (unpaired) electrons. The predicted molar refractivity (Wildman–Crippen MR) is 97.0 cm³/mol. The fraction of sp³-hybridized carbons (Fsp3) is 0.286. The maximum Gasteiger partial charge on any atom is 0.224 e. The molecule has 2 aromatic carbocycles. The van der Waals surface area contributed by atoms with Crippen molar-refractivity contribution in [2.75, 3.05) is 6.54 Å². The van der Waals surface area contributed by atoms with Gasteiger partial charge >= 0.3 is 0 Å². The number of amides is 1. The van der Waals surface area contributed by atoms with Gasteiger partial charge < -0.3 is 9.88 Å². The highest BCUT2D eigenvalue weighted by Crippen LogP contribution is 2.50. The SMILES string of the molecule is Cn1cc(C2(CNC(=O)Cc3ccccc3)CC2)c2ccccc21. The summed E-state index contributed by atoms with van der Waals surface area (Å²) in [7, 11) is 2.09. The normalized spacial score (nSPS) is 15.4. The molecule has 0 atom stereocenters. The van der Waals surface area contributed by atoms with Crippen molar-refractivity contribution < 1.29 is 4.79 Å². The largest absolute Gasteiger partial charge is 0.355 e. The molecule has 3 heteroatoms. The molecule has 1 saturated carbocycles. The zero-order chi connectivity index (χ0) is 16.6. The Labute approximate surface area is 142 Å². The van der Waals surface area contributed by atoms with Crippen LogP contribution in [0.1, 0.15) is 24.0 Å². The van der Waals surface area contributed by atoms with Gasteiger partial charge in [0.1, 0.15) is 0 Å². The monoisotopic (exact) mass is 318 g/mol. The first-order valence-corrected chi connectivity index (χ1v) is 8.53. The quantitative estimate of drug-likeness (QED) is 0.767. The number of para-hydroxylation sites is 1. The zero-order valence-corrected chi connectivity index (χ0v) is 14.0. The van der Waals surface area contributed by atoms with Crippen molar-refractivity contribution >= 4 is 16.8 Å². The number of carbonyl (C=O) groups excluding carboxylic acids is 1. The van der Waals surface area contributed by atoms with Gasteiger partial charge in [-0.05, 0) is 30.0 Å². The lowest BCUT2D eigenvalue weighted by molar-refractivity contribution is -0.120. The molecule has 1 fully saturated rings. The van der Waals surface area contributed by atoms with Gasteiger partial charge in [-0.25, -0.2) is 0 Å². The molecule has 1 heterocycles. The standard InChI is InChI=1S/C21H22N2O/c1-23-14-18(17-9-5-6-10-19(17)23)21(11-12-21)15-22-20(24)13-16-7-3-2-4-8-16/h2-10,14H,11-13,15H2,1H3,(H,22,24). The van der Waals surface area contributed by atoms with Crippen LogP contribution in [0.15, 0.2) is 60.8 Å². The molecule has 3 aromatic rings. The molecule has 1 aliphatic rings. The van der Waals surface area contributed by atoms with E-state index in [0.717, 1.165) is 24.9 Å². The maximum atomic E-state index is 12.3. The van der Waals surface area contributed by atoms with Gasteiger partial charge in [0.2, 0.25) is 5.91 Å². The van der Waals surface area contributed by atoms with Gasteiger partial charge in [-0.1, -0.05) is 48.5 Å². The van der Waals surface area contributed by atoms with E-state index in [1.807, 2.05) is 30.3 Å². The second-order valence-corrected chi connectivity index (χ2v) is 6.89. The van der Waals surface area contributed by atoms with Gasteiger partial charge in [0.25, 0.3) is 0 Å². The number of aromatic nitrogens is 1. The second-order valence-electron chi connectivity index (χ2n) is 6.89. The van der Waals surface area contributed by atoms with Gasteiger partial charge in [0, 0.05) is 36.1 Å². The van der Waals surface area contributed by atoms with Crippen LogP contribution in [0, 0.1) is 0 Å². The molecule has 1 aliphatic carbocycles. The molecule has 0 bridgehead atoms. The summed E-state index contributed by atoms with van der Waals surface area (Å²) in [4.78, 5) is 12.3. The Kier molecular flexibility index (Phi) is 3.64. The first-order chi connectivity index (χ1) is 11.7. The van der Waals surface area contributed by atoms with E-state index in [-0.39, 0.29) is 11.3 Å². The number of carbonyl (C=O) groups is 1. The van der Waals surface area contributed by atoms with Gasteiger partial charge in [0.05, 0.1) is 6.42 Å². The van der Waals surface area contributed by atoms with Gasteiger partial charge in [0.15, 0.2) is 0 Å². The summed E-state index contributed by atoms with van der Waals surface area (Å²) in [6.07, 6.45) is 4.98. The fourth-order valence-electron chi connectivity index (χ4n) is 3.57. The highest BCUT2D eigenvalue weighted by atomic mass is 16.1. The van der Waals surface area contributed by atoms with Crippen LogP contribution in [0.25, 0.3) is 10.9 Å². The lowest BCUT2D eigenvalue weighted by Crippen LogP contribution is -2.33. The van der Waals surface area contributed by atoms with E-state index in [9.17, 15) is 4.79 Å². The molecule has 24 heavy (non-hydrogen) atoms. The number of hydrogen-bond acceptors (Lipinski definition) is 1. The van der Waals surface area contributed by atoms with E-state index in [1.165, 1.54) is 16.5 Å². The Hall–Kier alpha value is -2.55. The number of benzene rings is 2. The molecule has 0 unspecified atom stereocenters. The van der Waals surface area contributed by atoms with Crippen LogP contribution in [-0.2, 0) is 23.7 Å². The van der Waals surface area contributed by atoms with Crippen molar-refractivity contribution in [1.82, 2.24) is 9.88 Å². The fourth-order valence-corrected chi connectivity index (χ4v) is 3.57. The molecule has 0 saturated heterocycles. The molecule has 4 rings (SSSR count). The number of nitrogens with one attached hydrogen (secondary N) is 1. The van der Waals surface area contributed by atoms with Gasteiger partial charge in [-0.2, -0.15) is 0 Å². The summed E-state index contributed by atoms with van der Waals surface area (Å²) in [5.41, 5.74) is 3.81. The van der Waals surface area contributed by atoms with Crippen molar-refractivity contribution in [3.05, 3.63) is 71.9 Å². The summed E-state index contributed by atoms with van der Waals surface area (Å²) in [5, 5.41) is 4.47. The van der Waals surface area contributed by atoms with Gasteiger partial charge in [-0.15, -0.1) is 0 Å². The van der Waals surface area contributed by atoms with Crippen LogP contribution in [0.4, 0.5) is 0 Å². The van der Waals surface area contributed by atoms with Crippen LogP contribution in [0.3, 0.4) is 0 Å². The van der Waals surface area contributed by atoms with E-state index in [1.54, 1.807) is 0 Å². The molecule has 1 N–H and O–H groups in total. The third kappa shape index (κ3) is 2.71. The first kappa shape index (κ1) is 15.0. The average molecular weight is 318 g/mol. The number of hydrogen-bond donors (Lipinski definition) is 1. The topological polar surface area (TPSA) is 34.0 Å². The van der Waals surface area contributed by atoms with E-state index in [0.29, 0.717) is 6.42 Å². The van der Waals surface area contributed by atoms with E-state index in [4.69, 9.17) is 0 Å². The Balaban J connectivity index is 1.49. The number of aryl methyl sites for hydroxylation is 1. The molecular weight excluding hydrogens is 296 g/mol. The Morgan fingerprint density at radius 3 is 2.54 bits per heavy atom. The van der Waals surface area contributed by atoms with Crippen LogP contribution in [0.5, 0.6) is 0 Å². The summed E-state index contributed by atoms with van der Waals surface area (Å²) in [6, 6.07) is 18.4. The molecular formula is C21H22N2O. The van der Waals surface area contributed by atoms with E-state index in [2.05, 4.69) is 47.4 Å². The third-order valence-corrected chi connectivity index (χ3v) is 5.15.